The zero-order valence-electron chi connectivity index (χ0n) is 10.6. The molecule has 0 aromatic heterocycles. The lowest BCUT2D eigenvalue weighted by Gasteiger charge is -2.10. The third-order valence-electron chi connectivity index (χ3n) is 3.13. The largest absolute Gasteiger partial charge is 0.497 e. The van der Waals surface area contributed by atoms with Crippen LogP contribution in [0.1, 0.15) is 24.8 Å². The number of nitrogens with one attached hydrogen (secondary N) is 1. The van der Waals surface area contributed by atoms with Gasteiger partial charge in [0.1, 0.15) is 12.4 Å². The van der Waals surface area contributed by atoms with Gasteiger partial charge in [-0.3, -0.25) is 4.79 Å². The number of hydrogen-bond donors (Lipinski definition) is 1. The van der Waals surface area contributed by atoms with E-state index in [4.69, 9.17) is 9.47 Å². The van der Waals surface area contributed by atoms with Crippen molar-refractivity contribution in [2.24, 2.45) is 0 Å². The minimum absolute atomic E-state index is 0.134. The van der Waals surface area contributed by atoms with Gasteiger partial charge in [-0.2, -0.15) is 0 Å². The second-order valence-corrected chi connectivity index (χ2v) is 4.51. The van der Waals surface area contributed by atoms with Crippen molar-refractivity contribution in [2.75, 3.05) is 13.7 Å². The maximum atomic E-state index is 11.6. The van der Waals surface area contributed by atoms with E-state index in [1.54, 1.807) is 7.11 Å². The van der Waals surface area contributed by atoms with Gasteiger partial charge in [0.2, 0.25) is 0 Å². The molecule has 4 nitrogen and oxygen atoms in total. The van der Waals surface area contributed by atoms with Crippen LogP contribution in [0, 0.1) is 0 Å². The molecule has 1 aromatic carbocycles. The van der Waals surface area contributed by atoms with Crippen molar-refractivity contribution in [1.29, 1.82) is 0 Å². The van der Waals surface area contributed by atoms with Crippen molar-refractivity contribution in [1.82, 2.24) is 5.32 Å². The third-order valence-corrected chi connectivity index (χ3v) is 3.13. The summed E-state index contributed by atoms with van der Waals surface area (Å²) in [7, 11) is 1.63. The molecule has 0 amide bonds. The van der Waals surface area contributed by atoms with Crippen molar-refractivity contribution in [3.63, 3.8) is 0 Å². The van der Waals surface area contributed by atoms with E-state index in [-0.39, 0.29) is 5.97 Å². The molecule has 1 aliphatic rings. The van der Waals surface area contributed by atoms with Crippen molar-refractivity contribution >= 4 is 5.97 Å². The van der Waals surface area contributed by atoms with Gasteiger partial charge in [-0.1, -0.05) is 12.1 Å². The van der Waals surface area contributed by atoms with Crippen LogP contribution in [0.2, 0.25) is 0 Å². The highest BCUT2D eigenvalue weighted by Crippen LogP contribution is 2.13. The van der Waals surface area contributed by atoms with E-state index >= 15 is 0 Å². The molecule has 2 rings (SSSR count). The van der Waals surface area contributed by atoms with E-state index in [1.165, 1.54) is 0 Å². The normalized spacial score (nSPS) is 18.6. The quantitative estimate of drug-likeness (QED) is 0.809. The molecule has 1 heterocycles. The van der Waals surface area contributed by atoms with Crippen molar-refractivity contribution in [3.8, 4) is 5.75 Å². The van der Waals surface area contributed by atoms with Gasteiger partial charge in [0.25, 0.3) is 0 Å². The molecule has 1 aliphatic heterocycles. The SMILES string of the molecule is COc1ccc(COC(=O)CC2CCCN2)cc1. The van der Waals surface area contributed by atoms with Gasteiger partial charge in [-0.15, -0.1) is 0 Å². The Labute approximate surface area is 107 Å². The summed E-state index contributed by atoms with van der Waals surface area (Å²) in [4.78, 5) is 11.6. The first-order chi connectivity index (χ1) is 8.78. The zero-order chi connectivity index (χ0) is 12.8. The molecule has 1 N–H and O–H groups in total. The molecule has 0 spiro atoms. The zero-order valence-corrected chi connectivity index (χ0v) is 10.6. The molecule has 18 heavy (non-hydrogen) atoms. The van der Waals surface area contributed by atoms with Gasteiger partial charge in [0, 0.05) is 6.04 Å². The number of methoxy groups -OCH3 is 1. The smallest absolute Gasteiger partial charge is 0.307 e. The van der Waals surface area contributed by atoms with Crippen LogP contribution >= 0.6 is 0 Å². The minimum atomic E-state index is -0.134. The van der Waals surface area contributed by atoms with Crippen molar-refractivity contribution in [3.05, 3.63) is 29.8 Å². The van der Waals surface area contributed by atoms with Gasteiger partial charge >= 0.3 is 5.97 Å². The van der Waals surface area contributed by atoms with E-state index < -0.39 is 0 Å². The van der Waals surface area contributed by atoms with Crippen LogP contribution in [0.5, 0.6) is 5.75 Å². The molecule has 1 atom stereocenters. The van der Waals surface area contributed by atoms with E-state index in [1.807, 2.05) is 24.3 Å². The molecule has 1 fully saturated rings. The van der Waals surface area contributed by atoms with E-state index in [9.17, 15) is 4.79 Å². The molecule has 0 aliphatic carbocycles. The Kier molecular flexibility index (Phi) is 4.59. The van der Waals surface area contributed by atoms with Crippen LogP contribution in [-0.4, -0.2) is 25.7 Å². The highest BCUT2D eigenvalue weighted by Gasteiger charge is 2.18. The van der Waals surface area contributed by atoms with Crippen LogP contribution in [0.4, 0.5) is 0 Å². The number of rotatable bonds is 5. The second kappa shape index (κ2) is 6.40. The maximum absolute atomic E-state index is 11.6. The summed E-state index contributed by atoms with van der Waals surface area (Å²) in [6, 6.07) is 7.83. The van der Waals surface area contributed by atoms with Crippen LogP contribution in [0.3, 0.4) is 0 Å². The molecule has 4 heteroatoms. The fraction of sp³-hybridized carbons (Fsp3) is 0.500. The molecular formula is C14H19NO3. The number of ether oxygens (including phenoxy) is 2. The average Bonchev–Trinajstić information content (AvgIpc) is 2.90. The first-order valence-electron chi connectivity index (χ1n) is 6.30. The molecule has 1 unspecified atom stereocenters. The lowest BCUT2D eigenvalue weighted by Crippen LogP contribution is -2.25. The van der Waals surface area contributed by atoms with E-state index in [0.717, 1.165) is 30.7 Å². The summed E-state index contributed by atoms with van der Waals surface area (Å²) in [5.74, 6) is 0.672. The summed E-state index contributed by atoms with van der Waals surface area (Å²) in [6.07, 6.45) is 2.68. The Morgan fingerprint density at radius 3 is 2.78 bits per heavy atom. The summed E-state index contributed by atoms with van der Waals surface area (Å²) in [6.45, 7) is 1.34. The fourth-order valence-corrected chi connectivity index (χ4v) is 2.08. The van der Waals surface area contributed by atoms with Crippen molar-refractivity contribution in [2.45, 2.75) is 31.9 Å². The van der Waals surface area contributed by atoms with Gasteiger partial charge in [0.05, 0.1) is 13.5 Å². The third kappa shape index (κ3) is 3.74. The predicted octanol–water partition coefficient (Wildman–Crippen LogP) is 1.88. The van der Waals surface area contributed by atoms with Crippen LogP contribution < -0.4 is 10.1 Å². The Bertz CT molecular complexity index is 383. The average molecular weight is 249 g/mol. The number of esters is 1. The lowest BCUT2D eigenvalue weighted by molar-refractivity contribution is -0.145. The van der Waals surface area contributed by atoms with Crippen LogP contribution in [0.25, 0.3) is 0 Å². The summed E-state index contributed by atoms with van der Waals surface area (Å²) >= 11 is 0. The molecular weight excluding hydrogens is 230 g/mol. The lowest BCUT2D eigenvalue weighted by atomic mass is 10.1. The Hall–Kier alpha value is -1.55. The summed E-state index contributed by atoms with van der Waals surface area (Å²) in [5.41, 5.74) is 0.975. The number of benzene rings is 1. The van der Waals surface area contributed by atoms with Crippen LogP contribution in [-0.2, 0) is 16.1 Å². The Morgan fingerprint density at radius 1 is 1.39 bits per heavy atom. The molecule has 0 saturated carbocycles. The minimum Gasteiger partial charge on any atom is -0.497 e. The highest BCUT2D eigenvalue weighted by molar-refractivity contribution is 5.70. The van der Waals surface area contributed by atoms with Crippen molar-refractivity contribution < 1.29 is 14.3 Å². The Balaban J connectivity index is 1.74. The summed E-state index contributed by atoms with van der Waals surface area (Å²) in [5, 5.41) is 3.28. The topological polar surface area (TPSA) is 47.6 Å². The molecule has 0 bridgehead atoms. The highest BCUT2D eigenvalue weighted by atomic mass is 16.5. The van der Waals surface area contributed by atoms with Crippen LogP contribution in [0.15, 0.2) is 24.3 Å². The predicted molar refractivity (Wildman–Crippen MR) is 68.4 cm³/mol. The molecule has 1 saturated heterocycles. The number of carbonyl (C=O) groups is 1. The number of carbonyl (C=O) groups excluding carboxylic acids is 1. The first kappa shape index (κ1) is 12.9. The molecule has 0 radical (unpaired) electrons. The van der Waals surface area contributed by atoms with Gasteiger partial charge in [-0.25, -0.2) is 0 Å². The van der Waals surface area contributed by atoms with Gasteiger partial charge < -0.3 is 14.8 Å². The van der Waals surface area contributed by atoms with Gasteiger partial charge in [0.15, 0.2) is 0 Å². The van der Waals surface area contributed by atoms with Gasteiger partial charge in [-0.05, 0) is 37.1 Å². The Morgan fingerprint density at radius 2 is 2.17 bits per heavy atom. The second-order valence-electron chi connectivity index (χ2n) is 4.51. The molecule has 98 valence electrons. The fourth-order valence-electron chi connectivity index (χ4n) is 2.08. The number of hydrogen-bond acceptors (Lipinski definition) is 4. The maximum Gasteiger partial charge on any atom is 0.307 e. The first-order valence-corrected chi connectivity index (χ1v) is 6.30. The summed E-state index contributed by atoms with van der Waals surface area (Å²) < 4.78 is 10.3. The van der Waals surface area contributed by atoms with E-state index in [2.05, 4.69) is 5.32 Å². The standard InChI is InChI=1S/C14H19NO3/c1-17-13-6-4-11(5-7-13)10-18-14(16)9-12-3-2-8-15-12/h4-7,12,15H,2-3,8-10H2,1H3. The monoisotopic (exact) mass is 249 g/mol. The molecule has 1 aromatic rings. The van der Waals surface area contributed by atoms with E-state index in [0.29, 0.717) is 19.1 Å².